The molecule has 0 saturated heterocycles. The molecule has 0 bridgehead atoms. The molecule has 0 spiro atoms. The lowest BCUT2D eigenvalue weighted by Gasteiger charge is -2.27. The number of rotatable bonds is 3. The van der Waals surface area contributed by atoms with Gasteiger partial charge in [0.1, 0.15) is 6.61 Å². The van der Waals surface area contributed by atoms with E-state index < -0.39 is 29.6 Å². The molecule has 1 aromatic rings. The van der Waals surface area contributed by atoms with Gasteiger partial charge in [-0.25, -0.2) is 18.0 Å². The number of alkyl halides is 2. The molecule has 0 aromatic heterocycles. The number of carbonyl (C=O) groups is 1. The second kappa shape index (κ2) is 6.01. The average molecular weight is 298 g/mol. The van der Waals surface area contributed by atoms with Crippen molar-refractivity contribution in [1.29, 1.82) is 0 Å². The number of amides is 1. The molecule has 4 nitrogen and oxygen atoms in total. The van der Waals surface area contributed by atoms with E-state index in [2.05, 4.69) is 0 Å². The molecule has 1 amide bonds. The maximum absolute atomic E-state index is 13.7. The molecule has 3 N–H and O–H groups in total. The number of carbonyl (C=O) groups excluding carboxylic acids is 1. The van der Waals surface area contributed by atoms with Crippen LogP contribution in [-0.4, -0.2) is 18.1 Å². The molecule has 2 rings (SSSR count). The number of ether oxygens (including phenoxy) is 1. The van der Waals surface area contributed by atoms with Crippen LogP contribution in [0.2, 0.25) is 0 Å². The Bertz CT molecular complexity index is 585. The van der Waals surface area contributed by atoms with Crippen molar-refractivity contribution in [3.63, 3.8) is 0 Å². The molecular weight excluding hydrogens is 285 g/mol. The molecule has 0 radical (unpaired) electrons. The van der Waals surface area contributed by atoms with Gasteiger partial charge >= 0.3 is 6.09 Å². The van der Waals surface area contributed by atoms with Crippen LogP contribution >= 0.6 is 0 Å². The molecule has 112 valence electrons. The summed E-state index contributed by atoms with van der Waals surface area (Å²) in [4.78, 5) is 11.5. The second-order valence-corrected chi connectivity index (χ2v) is 4.45. The van der Waals surface area contributed by atoms with Crippen molar-refractivity contribution in [2.75, 3.05) is 0 Å². The first-order valence-corrected chi connectivity index (χ1v) is 6.08. The van der Waals surface area contributed by atoms with Crippen LogP contribution in [0.4, 0.5) is 18.0 Å². The van der Waals surface area contributed by atoms with Gasteiger partial charge in [-0.15, -0.1) is 0 Å². The summed E-state index contributed by atoms with van der Waals surface area (Å²) in [5, 5.41) is 2.01. The fourth-order valence-corrected chi connectivity index (χ4v) is 1.70. The topological polar surface area (TPSA) is 64.3 Å². The van der Waals surface area contributed by atoms with Crippen LogP contribution in [0.25, 0.3) is 0 Å². The lowest BCUT2D eigenvalue weighted by Crippen LogP contribution is -2.50. The first-order chi connectivity index (χ1) is 9.91. The van der Waals surface area contributed by atoms with Crippen molar-refractivity contribution < 1.29 is 22.7 Å². The first kappa shape index (κ1) is 15.1. The summed E-state index contributed by atoms with van der Waals surface area (Å²) < 4.78 is 45.1. The molecule has 2 unspecified atom stereocenters. The van der Waals surface area contributed by atoms with Crippen LogP contribution in [0.3, 0.4) is 0 Å². The Morgan fingerprint density at radius 1 is 1.33 bits per heavy atom. The SMILES string of the molecule is NC1(F)C(F)=CC=C(NC(=O)OCc2ccccc2)C1F. The molecule has 2 atom stereocenters. The van der Waals surface area contributed by atoms with Crippen LogP contribution in [0.1, 0.15) is 5.56 Å². The Morgan fingerprint density at radius 2 is 2.00 bits per heavy atom. The van der Waals surface area contributed by atoms with E-state index in [0.717, 1.165) is 11.6 Å². The number of benzene rings is 1. The van der Waals surface area contributed by atoms with Crippen LogP contribution < -0.4 is 11.1 Å². The molecule has 1 aliphatic carbocycles. The second-order valence-electron chi connectivity index (χ2n) is 4.45. The zero-order chi connectivity index (χ0) is 15.5. The van der Waals surface area contributed by atoms with E-state index in [4.69, 9.17) is 10.5 Å². The van der Waals surface area contributed by atoms with Gasteiger partial charge in [0.2, 0.25) is 5.79 Å². The summed E-state index contributed by atoms with van der Waals surface area (Å²) >= 11 is 0. The molecule has 0 saturated carbocycles. The summed E-state index contributed by atoms with van der Waals surface area (Å²) in [6.07, 6.45) is -1.96. The molecule has 0 heterocycles. The predicted octanol–water partition coefficient (Wildman–Crippen LogP) is 2.63. The Hall–Kier alpha value is -2.28. The van der Waals surface area contributed by atoms with Gasteiger partial charge in [-0.05, 0) is 17.7 Å². The number of hydrogen-bond acceptors (Lipinski definition) is 3. The van der Waals surface area contributed by atoms with Gasteiger partial charge in [0.25, 0.3) is 0 Å². The zero-order valence-electron chi connectivity index (χ0n) is 10.9. The lowest BCUT2D eigenvalue weighted by molar-refractivity contribution is 0.0799. The van der Waals surface area contributed by atoms with E-state index >= 15 is 0 Å². The van der Waals surface area contributed by atoms with Gasteiger partial charge in [0.05, 0.1) is 5.70 Å². The molecule has 1 aliphatic rings. The molecular formula is C14H13F3N2O2. The van der Waals surface area contributed by atoms with Crippen LogP contribution in [0.5, 0.6) is 0 Å². The maximum Gasteiger partial charge on any atom is 0.411 e. The maximum atomic E-state index is 13.7. The molecule has 21 heavy (non-hydrogen) atoms. The van der Waals surface area contributed by atoms with Crippen molar-refractivity contribution in [2.45, 2.75) is 18.6 Å². The minimum Gasteiger partial charge on any atom is -0.444 e. The predicted molar refractivity (Wildman–Crippen MR) is 70.0 cm³/mol. The third-order valence-corrected chi connectivity index (χ3v) is 2.88. The van der Waals surface area contributed by atoms with Crippen LogP contribution in [-0.2, 0) is 11.3 Å². The normalized spacial score (nSPS) is 24.9. The highest BCUT2D eigenvalue weighted by Crippen LogP contribution is 2.31. The fourth-order valence-electron chi connectivity index (χ4n) is 1.70. The third kappa shape index (κ3) is 3.43. The van der Waals surface area contributed by atoms with E-state index in [1.165, 1.54) is 0 Å². The summed E-state index contributed by atoms with van der Waals surface area (Å²) in [7, 11) is 0. The molecule has 1 aromatic carbocycles. The summed E-state index contributed by atoms with van der Waals surface area (Å²) in [6.45, 7) is -0.0372. The monoisotopic (exact) mass is 298 g/mol. The number of allylic oxidation sites excluding steroid dienone is 2. The van der Waals surface area contributed by atoms with Crippen molar-refractivity contribution in [3.05, 3.63) is 59.6 Å². The number of nitrogens with one attached hydrogen (secondary N) is 1. The Balaban J connectivity index is 1.94. The highest BCUT2D eigenvalue weighted by Gasteiger charge is 2.45. The minimum atomic E-state index is -3.29. The van der Waals surface area contributed by atoms with Gasteiger partial charge in [0.15, 0.2) is 12.0 Å². The van der Waals surface area contributed by atoms with Crippen LogP contribution in [0, 0.1) is 0 Å². The number of alkyl carbamates (subject to hydrolysis) is 1. The lowest BCUT2D eigenvalue weighted by atomic mass is 10.0. The highest BCUT2D eigenvalue weighted by molar-refractivity contribution is 5.70. The van der Waals surface area contributed by atoms with Crippen molar-refractivity contribution in [1.82, 2.24) is 5.32 Å². The molecule has 0 fully saturated rings. The van der Waals surface area contributed by atoms with E-state index in [0.29, 0.717) is 6.08 Å². The number of nitrogens with two attached hydrogens (primary N) is 1. The highest BCUT2D eigenvalue weighted by atomic mass is 19.2. The van der Waals surface area contributed by atoms with Gasteiger partial charge in [0, 0.05) is 0 Å². The smallest absolute Gasteiger partial charge is 0.411 e. The van der Waals surface area contributed by atoms with Gasteiger partial charge in [-0.1, -0.05) is 30.3 Å². The summed E-state index contributed by atoms with van der Waals surface area (Å²) in [6, 6.07) is 8.78. The Labute approximate surface area is 119 Å². The van der Waals surface area contributed by atoms with E-state index in [1.54, 1.807) is 30.3 Å². The third-order valence-electron chi connectivity index (χ3n) is 2.88. The Kier molecular flexibility index (Phi) is 4.32. The van der Waals surface area contributed by atoms with Gasteiger partial charge in [-0.2, -0.15) is 0 Å². The van der Waals surface area contributed by atoms with Gasteiger partial charge in [-0.3, -0.25) is 11.1 Å². The number of hydrogen-bond donors (Lipinski definition) is 2. The first-order valence-electron chi connectivity index (χ1n) is 6.08. The number of halogens is 3. The molecule has 0 aliphatic heterocycles. The average Bonchev–Trinajstić information content (AvgIpc) is 2.47. The van der Waals surface area contributed by atoms with Crippen LogP contribution in [0.15, 0.2) is 54.0 Å². The van der Waals surface area contributed by atoms with Crippen molar-refractivity contribution in [2.24, 2.45) is 5.73 Å². The van der Waals surface area contributed by atoms with E-state index in [9.17, 15) is 18.0 Å². The molecule has 7 heteroatoms. The van der Waals surface area contributed by atoms with E-state index in [1.807, 2.05) is 5.32 Å². The largest absolute Gasteiger partial charge is 0.444 e. The quantitative estimate of drug-likeness (QED) is 0.843. The summed E-state index contributed by atoms with van der Waals surface area (Å²) in [5.74, 6) is -4.74. The zero-order valence-corrected chi connectivity index (χ0v) is 10.9. The van der Waals surface area contributed by atoms with E-state index in [-0.39, 0.29) is 6.61 Å². The van der Waals surface area contributed by atoms with Crippen molar-refractivity contribution in [3.8, 4) is 0 Å². The summed E-state index contributed by atoms with van der Waals surface area (Å²) in [5.41, 5.74) is 5.11. The fraction of sp³-hybridized carbons (Fsp3) is 0.214. The minimum absolute atomic E-state index is 0.0372. The Morgan fingerprint density at radius 3 is 2.67 bits per heavy atom. The van der Waals surface area contributed by atoms with Gasteiger partial charge < -0.3 is 4.74 Å². The van der Waals surface area contributed by atoms with Crippen molar-refractivity contribution >= 4 is 6.09 Å². The standard InChI is InChI=1S/C14H13F3N2O2/c15-11-7-6-10(12(16)14(11,17)18)19-13(20)21-8-9-4-2-1-3-5-9/h1-7,12H,8,18H2,(H,19,20).